The van der Waals surface area contributed by atoms with Gasteiger partial charge in [0.2, 0.25) is 0 Å². The Balaban J connectivity index is 1.48. The third-order valence-electron chi connectivity index (χ3n) is 4.07. The Morgan fingerprint density at radius 1 is 1.03 bits per heavy atom. The van der Waals surface area contributed by atoms with Crippen LogP contribution in [-0.2, 0) is 4.79 Å². The van der Waals surface area contributed by atoms with Gasteiger partial charge in [-0.25, -0.2) is 10.2 Å². The molecular weight excluding hydrogens is 562 g/mol. The number of nitrogens with one attached hydrogen (secondary N) is 1. The molecule has 0 aliphatic heterocycles. The van der Waals surface area contributed by atoms with Crippen LogP contribution >= 0.6 is 31.9 Å². The van der Waals surface area contributed by atoms with E-state index in [0.29, 0.717) is 25.8 Å². The molecule has 3 aromatic carbocycles. The summed E-state index contributed by atoms with van der Waals surface area (Å²) in [6, 6.07) is 17.4. The molecule has 1 N–H and O–H groups in total. The van der Waals surface area contributed by atoms with Crippen molar-refractivity contribution in [3.8, 4) is 11.5 Å². The fourth-order valence-electron chi connectivity index (χ4n) is 2.49. The van der Waals surface area contributed by atoms with Gasteiger partial charge in [-0.15, -0.1) is 0 Å². The third-order valence-corrected chi connectivity index (χ3v) is 5.38. The molecule has 9 nitrogen and oxygen atoms in total. The molecule has 0 saturated heterocycles. The van der Waals surface area contributed by atoms with Gasteiger partial charge >= 0.3 is 5.97 Å². The monoisotopic (exact) mass is 575 g/mol. The van der Waals surface area contributed by atoms with Gasteiger partial charge in [0, 0.05) is 16.6 Å². The number of nitro benzene ring substituents is 1. The van der Waals surface area contributed by atoms with Crippen molar-refractivity contribution in [1.82, 2.24) is 5.43 Å². The fourth-order valence-corrected chi connectivity index (χ4v) is 3.41. The number of hydrogen-bond donors (Lipinski definition) is 1. The van der Waals surface area contributed by atoms with E-state index in [4.69, 9.17) is 9.47 Å². The maximum absolute atomic E-state index is 12.2. The van der Waals surface area contributed by atoms with Gasteiger partial charge in [-0.2, -0.15) is 5.10 Å². The van der Waals surface area contributed by atoms with E-state index in [1.54, 1.807) is 48.5 Å². The molecule has 33 heavy (non-hydrogen) atoms. The Bertz CT molecular complexity index is 1220. The lowest BCUT2D eigenvalue weighted by molar-refractivity contribution is -0.384. The maximum Gasteiger partial charge on any atom is 0.344 e. The summed E-state index contributed by atoms with van der Waals surface area (Å²) in [6.07, 6.45) is 1.42. The first-order valence-corrected chi connectivity index (χ1v) is 10.9. The topological polar surface area (TPSA) is 120 Å². The van der Waals surface area contributed by atoms with Gasteiger partial charge in [-0.05, 0) is 79.9 Å². The molecule has 0 atom stereocenters. The molecule has 168 valence electrons. The molecule has 0 fully saturated rings. The molecular formula is C22H15Br2N3O6. The number of carbonyl (C=O) groups is 2. The molecule has 0 radical (unpaired) electrons. The minimum Gasteiger partial charge on any atom is -0.483 e. The highest BCUT2D eigenvalue weighted by atomic mass is 79.9. The summed E-state index contributed by atoms with van der Waals surface area (Å²) in [5.41, 5.74) is 3.29. The van der Waals surface area contributed by atoms with Crippen LogP contribution in [0.2, 0.25) is 0 Å². The van der Waals surface area contributed by atoms with E-state index >= 15 is 0 Å². The van der Waals surface area contributed by atoms with Gasteiger partial charge in [-0.3, -0.25) is 14.9 Å². The molecule has 0 spiro atoms. The molecule has 11 heteroatoms. The van der Waals surface area contributed by atoms with Crippen molar-refractivity contribution in [1.29, 1.82) is 0 Å². The number of carbonyl (C=O) groups excluding carboxylic acids is 2. The Hall–Kier alpha value is -3.57. The number of esters is 1. The van der Waals surface area contributed by atoms with E-state index < -0.39 is 16.8 Å². The highest BCUT2D eigenvalue weighted by Gasteiger charge is 2.12. The number of hydrazone groups is 1. The van der Waals surface area contributed by atoms with E-state index in [0.717, 1.165) is 0 Å². The van der Waals surface area contributed by atoms with E-state index in [9.17, 15) is 19.7 Å². The van der Waals surface area contributed by atoms with Gasteiger partial charge in [0.25, 0.3) is 11.6 Å². The van der Waals surface area contributed by atoms with E-state index in [2.05, 4.69) is 42.4 Å². The van der Waals surface area contributed by atoms with Crippen LogP contribution in [0.3, 0.4) is 0 Å². The van der Waals surface area contributed by atoms with Crippen LogP contribution in [0.25, 0.3) is 0 Å². The van der Waals surface area contributed by atoms with E-state index in [-0.39, 0.29) is 18.0 Å². The van der Waals surface area contributed by atoms with Crippen molar-refractivity contribution in [2.24, 2.45) is 5.10 Å². The number of non-ortho nitro benzene ring substituents is 1. The number of amides is 1. The third kappa shape index (κ3) is 6.96. The molecule has 0 aromatic heterocycles. The molecule has 3 rings (SSSR count). The second-order valence-corrected chi connectivity index (χ2v) is 8.10. The number of ether oxygens (including phenoxy) is 2. The van der Waals surface area contributed by atoms with Crippen molar-refractivity contribution in [3.63, 3.8) is 0 Å². The Labute approximate surface area is 204 Å². The fraction of sp³-hybridized carbons (Fsp3) is 0.0455. The standard InChI is InChI=1S/C22H15Br2N3O6/c23-18-4-2-1-3-17(18)22(29)33-16-8-5-14(6-9-16)12-25-26-21(28)13-32-20-10-7-15(27(30)31)11-19(20)24/h1-12H,13H2,(H,26,28)/b25-12+. The SMILES string of the molecule is O=C(COc1ccc([N+](=O)[O-])cc1Br)N/N=C/c1ccc(OC(=O)c2ccccc2Br)cc1. The van der Waals surface area contributed by atoms with Crippen LogP contribution in [0.15, 0.2) is 80.8 Å². The van der Waals surface area contributed by atoms with E-state index in [1.807, 2.05) is 0 Å². The largest absolute Gasteiger partial charge is 0.483 e. The van der Waals surface area contributed by atoms with Gasteiger partial charge in [-0.1, -0.05) is 12.1 Å². The Kier molecular flexibility index (Phi) is 8.28. The minimum atomic E-state index is -0.533. The molecule has 0 heterocycles. The van der Waals surface area contributed by atoms with E-state index in [1.165, 1.54) is 24.4 Å². The van der Waals surface area contributed by atoms with Crippen LogP contribution in [0, 0.1) is 10.1 Å². The van der Waals surface area contributed by atoms with Gasteiger partial charge in [0.15, 0.2) is 6.61 Å². The summed E-state index contributed by atoms with van der Waals surface area (Å²) < 4.78 is 11.7. The number of rotatable bonds is 8. The van der Waals surface area contributed by atoms with Crippen LogP contribution in [0.5, 0.6) is 11.5 Å². The minimum absolute atomic E-state index is 0.100. The number of hydrogen-bond acceptors (Lipinski definition) is 7. The van der Waals surface area contributed by atoms with Crippen molar-refractivity contribution >= 4 is 55.6 Å². The molecule has 0 aliphatic rings. The summed E-state index contributed by atoms with van der Waals surface area (Å²) in [5, 5.41) is 14.6. The summed E-state index contributed by atoms with van der Waals surface area (Å²) in [7, 11) is 0. The average Bonchev–Trinajstić information content (AvgIpc) is 2.79. The zero-order valence-corrected chi connectivity index (χ0v) is 19.9. The highest BCUT2D eigenvalue weighted by Crippen LogP contribution is 2.29. The predicted molar refractivity (Wildman–Crippen MR) is 128 cm³/mol. The lowest BCUT2D eigenvalue weighted by Gasteiger charge is -2.07. The maximum atomic E-state index is 12.2. The summed E-state index contributed by atoms with van der Waals surface area (Å²) in [4.78, 5) is 34.3. The lowest BCUT2D eigenvalue weighted by Crippen LogP contribution is -2.24. The quantitative estimate of drug-likeness (QED) is 0.134. The van der Waals surface area contributed by atoms with Crippen molar-refractivity contribution in [2.75, 3.05) is 6.61 Å². The average molecular weight is 577 g/mol. The summed E-state index contributed by atoms with van der Waals surface area (Å²) >= 11 is 6.47. The zero-order valence-electron chi connectivity index (χ0n) is 16.7. The van der Waals surface area contributed by atoms with Crippen LogP contribution in [-0.4, -0.2) is 29.6 Å². The summed E-state index contributed by atoms with van der Waals surface area (Å²) in [5.74, 6) is -0.363. The molecule has 3 aromatic rings. The van der Waals surface area contributed by atoms with Crippen LogP contribution < -0.4 is 14.9 Å². The van der Waals surface area contributed by atoms with Crippen molar-refractivity contribution < 1.29 is 24.0 Å². The van der Waals surface area contributed by atoms with Crippen LogP contribution in [0.4, 0.5) is 5.69 Å². The zero-order chi connectivity index (χ0) is 23.8. The molecule has 0 bridgehead atoms. The first kappa shape index (κ1) is 24.1. The first-order valence-electron chi connectivity index (χ1n) is 9.29. The molecule has 0 aliphatic carbocycles. The second kappa shape index (κ2) is 11.3. The van der Waals surface area contributed by atoms with Gasteiger partial charge < -0.3 is 9.47 Å². The normalized spacial score (nSPS) is 10.6. The van der Waals surface area contributed by atoms with Crippen molar-refractivity contribution in [3.05, 3.63) is 96.9 Å². The lowest BCUT2D eigenvalue weighted by atomic mass is 10.2. The number of nitrogens with zero attached hydrogens (tertiary/aromatic N) is 2. The number of nitro groups is 1. The smallest absolute Gasteiger partial charge is 0.344 e. The molecule has 1 amide bonds. The summed E-state index contributed by atoms with van der Waals surface area (Å²) in [6.45, 7) is -0.336. The Morgan fingerprint density at radius 3 is 2.42 bits per heavy atom. The molecule has 0 unspecified atom stereocenters. The number of benzene rings is 3. The van der Waals surface area contributed by atoms with Crippen molar-refractivity contribution in [2.45, 2.75) is 0 Å². The number of halogens is 2. The van der Waals surface area contributed by atoms with Gasteiger partial charge in [0.05, 0.1) is 21.2 Å². The Morgan fingerprint density at radius 2 is 1.76 bits per heavy atom. The van der Waals surface area contributed by atoms with Crippen LogP contribution in [0.1, 0.15) is 15.9 Å². The predicted octanol–water partition coefficient (Wildman–Crippen LogP) is 4.87. The first-order chi connectivity index (χ1) is 15.8. The second-order valence-electron chi connectivity index (χ2n) is 6.39. The highest BCUT2D eigenvalue weighted by molar-refractivity contribution is 9.10. The molecule has 0 saturated carbocycles. The van der Waals surface area contributed by atoms with Gasteiger partial charge in [0.1, 0.15) is 11.5 Å².